The molecule has 17 heteroatoms. The van der Waals surface area contributed by atoms with E-state index >= 15 is 4.79 Å². The van der Waals surface area contributed by atoms with Crippen molar-refractivity contribution in [2.24, 2.45) is 0 Å². The number of nitriles is 1. The number of likely N-dealkylation sites (N-methyl/N-ethyl adjacent to an activating group) is 1. The van der Waals surface area contributed by atoms with Crippen LogP contribution in [0.4, 0.5) is 0 Å². The Hall–Kier alpha value is -6.19. The molecule has 16 nitrogen and oxygen atoms in total. The second-order valence-electron chi connectivity index (χ2n) is 17.2. The molecule has 0 aliphatic carbocycles. The molecule has 2 saturated heterocycles. The average Bonchev–Trinajstić information content (AvgIpc) is 3.79. The van der Waals surface area contributed by atoms with Crippen molar-refractivity contribution in [2.45, 2.75) is 74.6 Å². The van der Waals surface area contributed by atoms with E-state index in [4.69, 9.17) is 37.9 Å². The summed E-state index contributed by atoms with van der Waals surface area (Å²) in [5.41, 5.74) is 4.31. The third-order valence-electron chi connectivity index (χ3n) is 13.9. The van der Waals surface area contributed by atoms with Crippen LogP contribution in [-0.4, -0.2) is 105 Å². The highest BCUT2D eigenvalue weighted by Crippen LogP contribution is 2.64. The summed E-state index contributed by atoms with van der Waals surface area (Å²) >= 11 is 1.45. The van der Waals surface area contributed by atoms with Gasteiger partial charge in [-0.3, -0.25) is 19.9 Å². The molecular formula is C48H48N4O12S. The Labute approximate surface area is 379 Å². The molecule has 7 heterocycles. The van der Waals surface area contributed by atoms with Crippen LogP contribution in [0.5, 0.6) is 46.0 Å². The summed E-state index contributed by atoms with van der Waals surface area (Å²) in [6.07, 6.45) is 0.948. The van der Waals surface area contributed by atoms with Crippen LogP contribution in [0.1, 0.15) is 79.1 Å². The van der Waals surface area contributed by atoms with Crippen molar-refractivity contribution in [3.05, 3.63) is 92.5 Å². The minimum Gasteiger partial charge on any atom is -0.504 e. The van der Waals surface area contributed by atoms with Crippen LogP contribution in [0.2, 0.25) is 0 Å². The van der Waals surface area contributed by atoms with E-state index in [1.807, 2.05) is 27.0 Å². The summed E-state index contributed by atoms with van der Waals surface area (Å²) in [6.45, 7) is 5.12. The summed E-state index contributed by atoms with van der Waals surface area (Å²) < 4.78 is 48.1. The lowest BCUT2D eigenvalue weighted by Gasteiger charge is -2.62. The summed E-state index contributed by atoms with van der Waals surface area (Å²) in [6, 6.07) is 11.9. The topological polar surface area (TPSA) is 188 Å². The van der Waals surface area contributed by atoms with Crippen LogP contribution in [0.25, 0.3) is 0 Å². The van der Waals surface area contributed by atoms with Crippen molar-refractivity contribution in [1.82, 2.24) is 15.1 Å². The molecule has 0 saturated carbocycles. The number of hydrogen-bond acceptors (Lipinski definition) is 17. The molecule has 2 N–H and O–H groups in total. The number of nitrogens with zero attached hydrogens (tertiary/aromatic N) is 3. The molecule has 7 aliphatic heterocycles. The predicted octanol–water partition coefficient (Wildman–Crippen LogP) is 5.51. The number of piperazine rings is 1. The van der Waals surface area contributed by atoms with Gasteiger partial charge < -0.3 is 43.0 Å². The van der Waals surface area contributed by atoms with Crippen LogP contribution in [0, 0.1) is 25.2 Å². The number of para-hydroxylation sites is 1. The number of nitrogens with one attached hydrogen (secondary N) is 1. The average molecular weight is 905 g/mol. The predicted molar refractivity (Wildman–Crippen MR) is 234 cm³/mol. The normalized spacial score (nSPS) is 26.1. The number of phenolic OH excluding ortho intramolecular Hbond substituents is 1. The number of fused-ring (bicyclic) bond motifs is 9. The fourth-order valence-corrected chi connectivity index (χ4v) is 12.9. The quantitative estimate of drug-likeness (QED) is 0.182. The Balaban J connectivity index is 1.17. The Morgan fingerprint density at radius 2 is 1.71 bits per heavy atom. The van der Waals surface area contributed by atoms with Gasteiger partial charge in [0.1, 0.15) is 29.7 Å². The van der Waals surface area contributed by atoms with E-state index in [0.717, 1.165) is 16.7 Å². The first kappa shape index (κ1) is 42.7. The summed E-state index contributed by atoms with van der Waals surface area (Å²) in [5, 5.41) is 26.4. The van der Waals surface area contributed by atoms with Gasteiger partial charge in [-0.1, -0.05) is 18.2 Å². The van der Waals surface area contributed by atoms with Crippen LogP contribution < -0.4 is 38.5 Å². The number of methoxy groups -OCH3 is 3. The Kier molecular flexibility index (Phi) is 10.6. The fourth-order valence-electron chi connectivity index (χ4n) is 11.2. The first-order chi connectivity index (χ1) is 31.4. The standard InChI is InChI=1S/C48H48N4O12S/c1-22-14-26-15-29-30(18-49)52-31-19-60-47(56)48(28-17-33(58-6)34(16-25(28)12-13-50-48)64-46(55)27-10-8-9-11-32(27)57-5)20-65-45(39(52)38(51(29)4)35(26)40(54)41(22)59-7)37-36(31)44-43(61-21-62-44)23(2)42(37)63-24(3)53/h8-11,14,16-17,29-31,38-39,45,50,54H,12-13,15,19-21H2,1-7H3/t29-,30-,31-,38+,39+,45+,48+/m0/s1. The molecule has 0 radical (unpaired) electrons. The second kappa shape index (κ2) is 16.1. The minimum absolute atomic E-state index is 0.0218. The van der Waals surface area contributed by atoms with Gasteiger partial charge in [-0.25, -0.2) is 9.59 Å². The molecule has 0 aromatic heterocycles. The number of aryl methyl sites for hydroxylation is 1. The molecule has 7 atom stereocenters. The van der Waals surface area contributed by atoms with E-state index in [1.165, 1.54) is 40.0 Å². The number of ether oxygens (including phenoxy) is 8. The number of carbonyl (C=O) groups is 3. The molecule has 4 aromatic rings. The van der Waals surface area contributed by atoms with Gasteiger partial charge in [-0.05, 0) is 80.3 Å². The molecule has 0 amide bonds. The maximum Gasteiger partial charge on any atom is 0.347 e. The highest BCUT2D eigenvalue weighted by molar-refractivity contribution is 7.99. The van der Waals surface area contributed by atoms with Crippen molar-refractivity contribution in [2.75, 3.05) is 54.1 Å². The molecule has 4 bridgehead atoms. The summed E-state index contributed by atoms with van der Waals surface area (Å²) in [7, 11) is 6.45. The van der Waals surface area contributed by atoms with Crippen molar-refractivity contribution in [3.63, 3.8) is 0 Å². The second-order valence-corrected chi connectivity index (χ2v) is 18.3. The summed E-state index contributed by atoms with van der Waals surface area (Å²) in [5.74, 6) is 0.637. The van der Waals surface area contributed by atoms with Gasteiger partial charge in [0.05, 0.1) is 44.7 Å². The molecule has 11 rings (SSSR count). The SMILES string of the molecule is COc1cc2c(cc1OC(=O)c1ccccc1OC)CCN[C@]21CS[C@@H]2c3c(OC(C)=O)c(C)c4c(c3[C@H](COC1=O)N1[C@@H]2[C@H]2c3c(cc(C)c(OC)c3O)C[C@@H]([C@@H]1C#N)N2C)OCO4. The largest absolute Gasteiger partial charge is 0.504 e. The number of hydrogen-bond donors (Lipinski definition) is 2. The minimum atomic E-state index is -1.46. The van der Waals surface area contributed by atoms with Gasteiger partial charge in [0.15, 0.2) is 40.0 Å². The Morgan fingerprint density at radius 3 is 2.45 bits per heavy atom. The lowest BCUT2D eigenvalue weighted by molar-refractivity contribution is -0.157. The van der Waals surface area contributed by atoms with Crippen LogP contribution in [0.15, 0.2) is 42.5 Å². The zero-order chi connectivity index (χ0) is 45.6. The first-order valence-corrected chi connectivity index (χ1v) is 22.4. The van der Waals surface area contributed by atoms with Crippen LogP contribution in [0.3, 0.4) is 0 Å². The smallest absolute Gasteiger partial charge is 0.347 e. The first-order valence-electron chi connectivity index (χ1n) is 21.4. The molecule has 1 spiro atoms. The lowest BCUT2D eigenvalue weighted by atomic mass is 9.71. The zero-order valence-electron chi connectivity index (χ0n) is 36.9. The van der Waals surface area contributed by atoms with Crippen molar-refractivity contribution in [1.29, 1.82) is 5.26 Å². The van der Waals surface area contributed by atoms with E-state index in [9.17, 15) is 20.0 Å². The molecule has 4 aromatic carbocycles. The van der Waals surface area contributed by atoms with Gasteiger partial charge >= 0.3 is 17.9 Å². The number of rotatable bonds is 6. The van der Waals surface area contributed by atoms with E-state index < -0.39 is 52.9 Å². The Morgan fingerprint density at radius 1 is 0.938 bits per heavy atom. The van der Waals surface area contributed by atoms with E-state index in [0.29, 0.717) is 76.0 Å². The third kappa shape index (κ3) is 6.32. The van der Waals surface area contributed by atoms with Crippen LogP contribution >= 0.6 is 11.8 Å². The van der Waals surface area contributed by atoms with E-state index in [1.54, 1.807) is 36.4 Å². The van der Waals surface area contributed by atoms with Gasteiger partial charge in [-0.15, -0.1) is 11.8 Å². The number of carbonyl (C=O) groups excluding carboxylic acids is 3. The van der Waals surface area contributed by atoms with Crippen molar-refractivity contribution >= 4 is 29.7 Å². The maximum atomic E-state index is 15.1. The van der Waals surface area contributed by atoms with Crippen molar-refractivity contribution in [3.8, 4) is 52.1 Å². The number of aromatic hydroxyl groups is 1. The third-order valence-corrected chi connectivity index (χ3v) is 15.4. The van der Waals surface area contributed by atoms with E-state index in [2.05, 4.69) is 21.2 Å². The molecule has 2 fully saturated rings. The highest BCUT2D eigenvalue weighted by Gasteiger charge is 2.62. The van der Waals surface area contributed by atoms with Gasteiger partial charge in [0, 0.05) is 53.6 Å². The Bertz CT molecular complexity index is 2740. The molecular weight excluding hydrogens is 857 g/mol. The number of phenols is 1. The fraction of sp³-hybridized carbons (Fsp3) is 0.417. The van der Waals surface area contributed by atoms with Crippen LogP contribution in [-0.2, 0) is 32.7 Å². The zero-order valence-corrected chi connectivity index (χ0v) is 37.8. The van der Waals surface area contributed by atoms with Gasteiger partial charge in [0.2, 0.25) is 6.79 Å². The molecule has 0 unspecified atom stereocenters. The van der Waals surface area contributed by atoms with Gasteiger partial charge in [-0.2, -0.15) is 5.26 Å². The molecule has 65 heavy (non-hydrogen) atoms. The highest BCUT2D eigenvalue weighted by atomic mass is 32.2. The lowest BCUT2D eigenvalue weighted by Crippen LogP contribution is -2.69. The monoisotopic (exact) mass is 904 g/mol. The molecule has 7 aliphatic rings. The number of thioether (sulfide) groups is 1. The van der Waals surface area contributed by atoms with E-state index in [-0.39, 0.29) is 48.0 Å². The molecule has 338 valence electrons. The number of esters is 3. The van der Waals surface area contributed by atoms with Gasteiger partial charge in [0.25, 0.3) is 0 Å². The van der Waals surface area contributed by atoms with Crippen molar-refractivity contribution < 1.29 is 57.4 Å². The summed E-state index contributed by atoms with van der Waals surface area (Å²) in [4.78, 5) is 46.1. The maximum absolute atomic E-state index is 15.1. The number of benzene rings is 4.